The molecule has 2 amide bonds. The quantitative estimate of drug-likeness (QED) is 0.928. The van der Waals surface area contributed by atoms with E-state index in [4.69, 9.17) is 4.74 Å². The van der Waals surface area contributed by atoms with Gasteiger partial charge in [-0.3, -0.25) is 10.00 Å². The van der Waals surface area contributed by atoms with Crippen molar-refractivity contribution in [1.82, 2.24) is 14.7 Å². The topological polar surface area (TPSA) is 59.4 Å². The summed E-state index contributed by atoms with van der Waals surface area (Å²) in [5.74, 6) is 2.04. The summed E-state index contributed by atoms with van der Waals surface area (Å²) in [4.78, 5) is 14.8. The number of carbonyl (C=O) groups is 1. The van der Waals surface area contributed by atoms with E-state index in [9.17, 15) is 4.79 Å². The van der Waals surface area contributed by atoms with Crippen LogP contribution < -0.4 is 5.32 Å². The smallest absolute Gasteiger partial charge is 0.323 e. The summed E-state index contributed by atoms with van der Waals surface area (Å²) >= 11 is 0. The Morgan fingerprint density at radius 3 is 3.00 bits per heavy atom. The normalized spacial score (nSPS) is 27.1. The third kappa shape index (κ3) is 3.37. The highest BCUT2D eigenvalue weighted by atomic mass is 16.5. The molecule has 2 heterocycles. The van der Waals surface area contributed by atoms with Crippen LogP contribution in [0.2, 0.25) is 0 Å². The molecule has 0 spiro atoms. The molecule has 3 atom stereocenters. The average molecular weight is 320 g/mol. The van der Waals surface area contributed by atoms with Crippen LogP contribution in [0.5, 0.6) is 0 Å². The van der Waals surface area contributed by atoms with Crippen LogP contribution in [0.25, 0.3) is 0 Å². The Morgan fingerprint density at radius 2 is 2.22 bits per heavy atom. The van der Waals surface area contributed by atoms with E-state index in [1.54, 1.807) is 11.8 Å². The molecule has 0 radical (unpaired) electrons. The molecule has 3 rings (SSSR count). The van der Waals surface area contributed by atoms with Crippen LogP contribution in [0.4, 0.5) is 10.6 Å². The van der Waals surface area contributed by atoms with E-state index in [1.165, 1.54) is 19.3 Å². The zero-order valence-corrected chi connectivity index (χ0v) is 14.4. The average Bonchev–Trinajstić information content (AvgIpc) is 3.06. The Labute approximate surface area is 138 Å². The zero-order valence-electron chi connectivity index (χ0n) is 14.4. The van der Waals surface area contributed by atoms with Crippen LogP contribution in [0.15, 0.2) is 6.07 Å². The number of carbonyl (C=O) groups excluding carboxylic acids is 1. The maximum atomic E-state index is 12.7. The van der Waals surface area contributed by atoms with Crippen molar-refractivity contribution in [2.24, 2.45) is 18.9 Å². The highest BCUT2D eigenvalue weighted by Crippen LogP contribution is 2.39. The van der Waals surface area contributed by atoms with Crippen LogP contribution in [0.1, 0.15) is 38.3 Å². The predicted molar refractivity (Wildman–Crippen MR) is 89.4 cm³/mol. The second-order valence-electron chi connectivity index (χ2n) is 6.96. The van der Waals surface area contributed by atoms with Gasteiger partial charge in [-0.2, -0.15) is 5.10 Å². The first kappa shape index (κ1) is 16.3. The van der Waals surface area contributed by atoms with Gasteiger partial charge in [0.15, 0.2) is 0 Å². The van der Waals surface area contributed by atoms with E-state index < -0.39 is 0 Å². The highest BCUT2D eigenvalue weighted by molar-refractivity contribution is 5.89. The number of ether oxygens (including phenoxy) is 1. The van der Waals surface area contributed by atoms with Gasteiger partial charge in [0.1, 0.15) is 5.82 Å². The van der Waals surface area contributed by atoms with Gasteiger partial charge in [-0.25, -0.2) is 4.79 Å². The van der Waals surface area contributed by atoms with E-state index in [1.807, 2.05) is 13.1 Å². The van der Waals surface area contributed by atoms with Gasteiger partial charge < -0.3 is 9.64 Å². The number of methoxy groups -OCH3 is 1. The number of urea groups is 1. The number of hydrogen-bond donors (Lipinski definition) is 1. The lowest BCUT2D eigenvalue weighted by Crippen LogP contribution is -2.41. The molecule has 1 aromatic heterocycles. The molecule has 0 aromatic carbocycles. The number of rotatable bonds is 4. The molecule has 128 valence electrons. The van der Waals surface area contributed by atoms with Crippen molar-refractivity contribution >= 4 is 11.8 Å². The largest absolute Gasteiger partial charge is 0.384 e. The van der Waals surface area contributed by atoms with Crippen LogP contribution in [-0.2, 0) is 18.2 Å². The summed E-state index contributed by atoms with van der Waals surface area (Å²) in [6, 6.07) is 2.38. The molecule has 0 bridgehead atoms. The van der Waals surface area contributed by atoms with E-state index in [2.05, 4.69) is 22.2 Å². The van der Waals surface area contributed by atoms with Crippen LogP contribution in [0.3, 0.4) is 0 Å². The summed E-state index contributed by atoms with van der Waals surface area (Å²) in [5, 5.41) is 7.48. The van der Waals surface area contributed by atoms with Gasteiger partial charge in [-0.1, -0.05) is 19.8 Å². The second-order valence-corrected chi connectivity index (χ2v) is 6.96. The van der Waals surface area contributed by atoms with Gasteiger partial charge in [0.05, 0.1) is 12.3 Å². The Kier molecular flexibility index (Phi) is 4.90. The van der Waals surface area contributed by atoms with E-state index >= 15 is 0 Å². The summed E-state index contributed by atoms with van der Waals surface area (Å²) in [5.41, 5.74) is 0.940. The lowest BCUT2D eigenvalue weighted by atomic mass is 9.80. The molecule has 1 aliphatic carbocycles. The van der Waals surface area contributed by atoms with Crippen molar-refractivity contribution in [2.45, 2.75) is 45.1 Å². The van der Waals surface area contributed by atoms with Gasteiger partial charge in [-0.15, -0.1) is 0 Å². The number of aryl methyl sites for hydroxylation is 1. The third-order valence-corrected chi connectivity index (χ3v) is 5.39. The van der Waals surface area contributed by atoms with Crippen molar-refractivity contribution in [2.75, 3.05) is 25.6 Å². The molecular weight excluding hydrogens is 292 g/mol. The van der Waals surface area contributed by atoms with E-state index in [-0.39, 0.29) is 6.03 Å². The Morgan fingerprint density at radius 1 is 1.43 bits per heavy atom. The molecule has 1 aromatic rings. The molecule has 0 unspecified atom stereocenters. The monoisotopic (exact) mass is 320 g/mol. The Bertz CT molecular complexity index is 557. The maximum Gasteiger partial charge on any atom is 0.323 e. The standard InChI is InChI=1S/C17H28N4O2/c1-12-11-21(15-7-5-4-6-14(12)15)17(22)18-16-10-13(8-9-23-3)19-20(16)2/h10,12,14-15H,4-9,11H2,1-3H3,(H,18,22)/t12-,14-,15-/m0/s1. The zero-order chi connectivity index (χ0) is 16.4. The lowest BCUT2D eigenvalue weighted by Gasteiger charge is -2.32. The van der Waals surface area contributed by atoms with Crippen molar-refractivity contribution in [1.29, 1.82) is 0 Å². The van der Waals surface area contributed by atoms with Crippen molar-refractivity contribution in [3.05, 3.63) is 11.8 Å². The van der Waals surface area contributed by atoms with Gasteiger partial charge in [-0.05, 0) is 24.7 Å². The van der Waals surface area contributed by atoms with Gasteiger partial charge in [0.25, 0.3) is 0 Å². The second kappa shape index (κ2) is 6.91. The first-order valence-corrected chi connectivity index (χ1v) is 8.69. The molecule has 2 fully saturated rings. The molecular formula is C17H28N4O2. The Hall–Kier alpha value is -1.56. The minimum absolute atomic E-state index is 0.0209. The summed E-state index contributed by atoms with van der Waals surface area (Å²) in [6.07, 6.45) is 5.72. The molecule has 1 saturated heterocycles. The first-order chi connectivity index (χ1) is 11.1. The minimum Gasteiger partial charge on any atom is -0.384 e. The third-order valence-electron chi connectivity index (χ3n) is 5.39. The fourth-order valence-electron chi connectivity index (χ4n) is 4.16. The van der Waals surface area contributed by atoms with Gasteiger partial charge in [0.2, 0.25) is 0 Å². The fraction of sp³-hybridized carbons (Fsp3) is 0.765. The maximum absolute atomic E-state index is 12.7. The summed E-state index contributed by atoms with van der Waals surface area (Å²) in [6.45, 7) is 3.79. The van der Waals surface area contributed by atoms with Crippen LogP contribution in [-0.4, -0.2) is 47.0 Å². The number of amides is 2. The number of nitrogens with zero attached hydrogens (tertiary/aromatic N) is 3. The van der Waals surface area contributed by atoms with Crippen molar-refractivity contribution < 1.29 is 9.53 Å². The summed E-state index contributed by atoms with van der Waals surface area (Å²) < 4.78 is 6.82. The number of nitrogens with one attached hydrogen (secondary N) is 1. The minimum atomic E-state index is 0.0209. The van der Waals surface area contributed by atoms with E-state index in [0.717, 1.165) is 30.9 Å². The fourth-order valence-corrected chi connectivity index (χ4v) is 4.16. The number of hydrogen-bond acceptors (Lipinski definition) is 3. The predicted octanol–water partition coefficient (Wildman–Crippen LogP) is 2.65. The Balaban J connectivity index is 1.66. The lowest BCUT2D eigenvalue weighted by molar-refractivity contribution is 0.180. The number of aromatic nitrogens is 2. The SMILES string of the molecule is COCCc1cc(NC(=O)N2C[C@H](C)[C@@H]3CCCC[C@@H]32)n(C)n1. The summed E-state index contributed by atoms with van der Waals surface area (Å²) in [7, 11) is 3.54. The van der Waals surface area contributed by atoms with E-state index in [0.29, 0.717) is 24.5 Å². The molecule has 1 N–H and O–H groups in total. The van der Waals surface area contributed by atoms with Gasteiger partial charge >= 0.3 is 6.03 Å². The van der Waals surface area contributed by atoms with Crippen molar-refractivity contribution in [3.8, 4) is 0 Å². The molecule has 2 aliphatic rings. The molecule has 1 saturated carbocycles. The first-order valence-electron chi connectivity index (χ1n) is 8.69. The number of fused-ring (bicyclic) bond motifs is 1. The molecule has 6 heteroatoms. The van der Waals surface area contributed by atoms with Crippen LogP contribution >= 0.6 is 0 Å². The van der Waals surface area contributed by atoms with Crippen molar-refractivity contribution in [3.63, 3.8) is 0 Å². The number of anilines is 1. The molecule has 1 aliphatic heterocycles. The molecule has 23 heavy (non-hydrogen) atoms. The van der Waals surface area contributed by atoms with Crippen LogP contribution in [0, 0.1) is 11.8 Å². The highest BCUT2D eigenvalue weighted by Gasteiger charge is 2.42. The van der Waals surface area contributed by atoms with Gasteiger partial charge in [0, 0.05) is 39.2 Å². The molecule has 6 nitrogen and oxygen atoms in total. The number of likely N-dealkylation sites (tertiary alicyclic amines) is 1.